The minimum atomic E-state index is 0.426. The molecule has 1 rings (SSSR count). The highest BCUT2D eigenvalue weighted by Crippen LogP contribution is 1.92. The lowest BCUT2D eigenvalue weighted by Crippen LogP contribution is -2.02. The molecule has 0 fully saturated rings. The van der Waals surface area contributed by atoms with Crippen LogP contribution >= 0.6 is 0 Å². The van der Waals surface area contributed by atoms with Crippen LogP contribution in [0.5, 0.6) is 0 Å². The molecule has 0 saturated heterocycles. The summed E-state index contributed by atoms with van der Waals surface area (Å²) in [6.07, 6.45) is 3.13. The van der Waals surface area contributed by atoms with E-state index in [9.17, 15) is 0 Å². The topological polar surface area (TPSA) is 56.7 Å². The molecule has 0 unspecified atom stereocenters. The standard InChI is InChI=1S/C5H8N4/c1-2-3-9-5(6)7-4-8-9/h2,4H,1,3H2,(H2,6,7,8). The summed E-state index contributed by atoms with van der Waals surface area (Å²) in [5.74, 6) is 0.426. The predicted octanol–water partition coefficient (Wildman–Crippen LogP) is 0.0463. The third-order valence-corrected chi connectivity index (χ3v) is 0.948. The van der Waals surface area contributed by atoms with Gasteiger partial charge in [0.05, 0.1) is 6.54 Å². The molecule has 0 atom stereocenters. The van der Waals surface area contributed by atoms with Crippen molar-refractivity contribution in [3.63, 3.8) is 0 Å². The van der Waals surface area contributed by atoms with Crippen LogP contribution in [0.3, 0.4) is 0 Å². The van der Waals surface area contributed by atoms with E-state index in [2.05, 4.69) is 16.7 Å². The highest BCUT2D eigenvalue weighted by atomic mass is 15.4. The highest BCUT2D eigenvalue weighted by molar-refractivity contribution is 5.12. The van der Waals surface area contributed by atoms with E-state index in [1.54, 1.807) is 10.8 Å². The first-order valence-corrected chi connectivity index (χ1v) is 2.59. The fraction of sp³-hybridized carbons (Fsp3) is 0.200. The van der Waals surface area contributed by atoms with Crippen LogP contribution in [0, 0.1) is 0 Å². The molecule has 0 amide bonds. The lowest BCUT2D eigenvalue weighted by Gasteiger charge is -1.93. The van der Waals surface area contributed by atoms with Crippen molar-refractivity contribution in [3.05, 3.63) is 19.0 Å². The van der Waals surface area contributed by atoms with E-state index in [-0.39, 0.29) is 0 Å². The van der Waals surface area contributed by atoms with Crippen LogP contribution in [0.1, 0.15) is 0 Å². The molecule has 1 aromatic rings. The minimum absolute atomic E-state index is 0.426. The van der Waals surface area contributed by atoms with Crippen molar-refractivity contribution in [1.82, 2.24) is 14.8 Å². The molecular weight excluding hydrogens is 116 g/mol. The van der Waals surface area contributed by atoms with Crippen molar-refractivity contribution in [2.45, 2.75) is 6.54 Å². The van der Waals surface area contributed by atoms with Crippen LogP contribution in [0.15, 0.2) is 19.0 Å². The predicted molar refractivity (Wildman–Crippen MR) is 34.6 cm³/mol. The minimum Gasteiger partial charge on any atom is -0.368 e. The van der Waals surface area contributed by atoms with Gasteiger partial charge >= 0.3 is 0 Å². The maximum absolute atomic E-state index is 5.37. The fourth-order valence-electron chi connectivity index (χ4n) is 0.536. The molecule has 0 aliphatic heterocycles. The van der Waals surface area contributed by atoms with Crippen molar-refractivity contribution in [2.75, 3.05) is 5.73 Å². The van der Waals surface area contributed by atoms with Gasteiger partial charge in [-0.3, -0.25) is 0 Å². The normalized spacial score (nSPS) is 9.33. The van der Waals surface area contributed by atoms with Gasteiger partial charge in [0.1, 0.15) is 6.33 Å². The second-order valence-corrected chi connectivity index (χ2v) is 1.59. The number of hydrogen-bond donors (Lipinski definition) is 1. The molecule has 0 saturated carbocycles. The molecule has 0 aliphatic rings. The summed E-state index contributed by atoms with van der Waals surface area (Å²) < 4.78 is 1.56. The molecule has 1 aromatic heterocycles. The number of nitrogens with zero attached hydrogens (tertiary/aromatic N) is 3. The van der Waals surface area contributed by atoms with Crippen molar-refractivity contribution < 1.29 is 0 Å². The van der Waals surface area contributed by atoms with E-state index in [1.807, 2.05) is 0 Å². The molecule has 0 spiro atoms. The number of aromatic nitrogens is 3. The first kappa shape index (κ1) is 5.81. The third kappa shape index (κ3) is 1.07. The van der Waals surface area contributed by atoms with Gasteiger partial charge in [0.25, 0.3) is 0 Å². The summed E-state index contributed by atoms with van der Waals surface area (Å²) in [6, 6.07) is 0. The molecular formula is C5H8N4. The van der Waals surface area contributed by atoms with E-state index >= 15 is 0 Å². The molecule has 4 nitrogen and oxygen atoms in total. The third-order valence-electron chi connectivity index (χ3n) is 0.948. The first-order chi connectivity index (χ1) is 4.34. The zero-order valence-electron chi connectivity index (χ0n) is 4.99. The number of hydrogen-bond acceptors (Lipinski definition) is 3. The lowest BCUT2D eigenvalue weighted by molar-refractivity contribution is 0.712. The monoisotopic (exact) mass is 124 g/mol. The number of allylic oxidation sites excluding steroid dienone is 1. The highest BCUT2D eigenvalue weighted by Gasteiger charge is 1.92. The van der Waals surface area contributed by atoms with Gasteiger partial charge in [0.2, 0.25) is 5.95 Å². The number of rotatable bonds is 2. The van der Waals surface area contributed by atoms with E-state index in [1.165, 1.54) is 6.33 Å². The fourth-order valence-corrected chi connectivity index (χ4v) is 0.536. The smallest absolute Gasteiger partial charge is 0.218 e. The zero-order chi connectivity index (χ0) is 6.69. The van der Waals surface area contributed by atoms with Gasteiger partial charge in [0, 0.05) is 0 Å². The molecule has 0 aliphatic carbocycles. The molecule has 2 N–H and O–H groups in total. The van der Waals surface area contributed by atoms with Crippen LogP contribution < -0.4 is 5.73 Å². The number of nitrogen functional groups attached to an aromatic ring is 1. The van der Waals surface area contributed by atoms with Crippen molar-refractivity contribution >= 4 is 5.95 Å². The Morgan fingerprint density at radius 2 is 2.67 bits per heavy atom. The maximum atomic E-state index is 5.37. The van der Waals surface area contributed by atoms with Gasteiger partial charge < -0.3 is 5.73 Å². The Labute approximate surface area is 53.0 Å². The van der Waals surface area contributed by atoms with Gasteiger partial charge in [-0.15, -0.1) is 6.58 Å². The van der Waals surface area contributed by atoms with Crippen LogP contribution in [0.4, 0.5) is 5.95 Å². The summed E-state index contributed by atoms with van der Waals surface area (Å²) in [5, 5.41) is 3.81. The number of anilines is 1. The van der Waals surface area contributed by atoms with Crippen molar-refractivity contribution in [2.24, 2.45) is 0 Å². The molecule has 48 valence electrons. The average molecular weight is 124 g/mol. The second-order valence-electron chi connectivity index (χ2n) is 1.59. The quantitative estimate of drug-likeness (QED) is 0.566. The Bertz CT molecular complexity index is 202. The van der Waals surface area contributed by atoms with E-state index in [4.69, 9.17) is 5.73 Å². The summed E-state index contributed by atoms with van der Waals surface area (Å²) in [6.45, 7) is 4.15. The molecule has 0 bridgehead atoms. The molecule has 0 aromatic carbocycles. The Hall–Kier alpha value is -1.32. The average Bonchev–Trinajstić information content (AvgIpc) is 2.18. The molecule has 4 heteroatoms. The van der Waals surface area contributed by atoms with Crippen molar-refractivity contribution in [3.8, 4) is 0 Å². The largest absolute Gasteiger partial charge is 0.368 e. The molecule has 0 radical (unpaired) electrons. The Morgan fingerprint density at radius 3 is 3.11 bits per heavy atom. The van der Waals surface area contributed by atoms with Gasteiger partial charge in [-0.1, -0.05) is 6.08 Å². The van der Waals surface area contributed by atoms with Gasteiger partial charge in [-0.05, 0) is 0 Å². The van der Waals surface area contributed by atoms with E-state index < -0.39 is 0 Å². The zero-order valence-corrected chi connectivity index (χ0v) is 4.99. The maximum Gasteiger partial charge on any atom is 0.218 e. The van der Waals surface area contributed by atoms with Crippen LogP contribution in [-0.2, 0) is 6.54 Å². The van der Waals surface area contributed by atoms with Gasteiger partial charge in [-0.2, -0.15) is 5.10 Å². The Kier molecular flexibility index (Phi) is 1.48. The SMILES string of the molecule is C=CCn1ncnc1N. The molecule has 1 heterocycles. The van der Waals surface area contributed by atoms with Crippen LogP contribution in [0.2, 0.25) is 0 Å². The Balaban J connectivity index is 2.80. The van der Waals surface area contributed by atoms with E-state index in [0.717, 1.165) is 0 Å². The van der Waals surface area contributed by atoms with Crippen LogP contribution in [0.25, 0.3) is 0 Å². The first-order valence-electron chi connectivity index (χ1n) is 2.59. The summed E-state index contributed by atoms with van der Waals surface area (Å²) in [5.41, 5.74) is 5.37. The summed E-state index contributed by atoms with van der Waals surface area (Å²) in [7, 11) is 0. The Morgan fingerprint density at radius 1 is 1.89 bits per heavy atom. The van der Waals surface area contributed by atoms with Gasteiger partial charge in [0.15, 0.2) is 0 Å². The van der Waals surface area contributed by atoms with Crippen molar-refractivity contribution in [1.29, 1.82) is 0 Å². The number of nitrogens with two attached hydrogens (primary N) is 1. The van der Waals surface area contributed by atoms with Gasteiger partial charge in [-0.25, -0.2) is 9.67 Å². The summed E-state index contributed by atoms with van der Waals surface area (Å²) >= 11 is 0. The second kappa shape index (κ2) is 2.30. The molecule has 9 heavy (non-hydrogen) atoms. The van der Waals surface area contributed by atoms with E-state index in [0.29, 0.717) is 12.5 Å². The lowest BCUT2D eigenvalue weighted by atomic mass is 10.6. The summed E-state index contributed by atoms with van der Waals surface area (Å²) in [4.78, 5) is 3.72. The van der Waals surface area contributed by atoms with Crippen LogP contribution in [-0.4, -0.2) is 14.8 Å².